The van der Waals surface area contributed by atoms with Crippen LogP contribution in [0.1, 0.15) is 25.3 Å². The molecule has 0 amide bonds. The highest BCUT2D eigenvalue weighted by molar-refractivity contribution is 5.20. The highest BCUT2D eigenvalue weighted by Crippen LogP contribution is 2.21. The molecule has 2 rings (SSSR count). The summed E-state index contributed by atoms with van der Waals surface area (Å²) in [6, 6.07) is 3.94. The smallest absolute Gasteiger partial charge is 0.129 e. The summed E-state index contributed by atoms with van der Waals surface area (Å²) in [5, 5.41) is 13.3. The molecule has 0 bridgehead atoms. The van der Waals surface area contributed by atoms with E-state index in [-0.39, 0.29) is 6.42 Å². The Hall–Kier alpha value is -1.00. The number of halogens is 2. The van der Waals surface area contributed by atoms with Gasteiger partial charge in [-0.15, -0.1) is 0 Å². The van der Waals surface area contributed by atoms with Crippen LogP contribution in [-0.4, -0.2) is 23.3 Å². The van der Waals surface area contributed by atoms with E-state index in [1.54, 1.807) is 6.92 Å². The molecule has 0 saturated heterocycles. The van der Waals surface area contributed by atoms with Gasteiger partial charge in [0.1, 0.15) is 11.6 Å². The van der Waals surface area contributed by atoms with Gasteiger partial charge in [0.25, 0.3) is 0 Å². The minimum Gasteiger partial charge on any atom is -0.389 e. The fourth-order valence-corrected chi connectivity index (χ4v) is 1.79. The summed E-state index contributed by atoms with van der Waals surface area (Å²) in [4.78, 5) is 0. The van der Waals surface area contributed by atoms with E-state index in [4.69, 9.17) is 0 Å². The van der Waals surface area contributed by atoms with Crippen molar-refractivity contribution in [1.82, 2.24) is 5.32 Å². The van der Waals surface area contributed by atoms with Gasteiger partial charge in [0.05, 0.1) is 5.60 Å². The summed E-state index contributed by atoms with van der Waals surface area (Å²) in [6.07, 6.45) is 2.46. The first-order valence-electron chi connectivity index (χ1n) is 5.86. The molecule has 0 aliphatic heterocycles. The van der Waals surface area contributed by atoms with E-state index in [0.717, 1.165) is 18.9 Å². The Labute approximate surface area is 99.7 Å². The van der Waals surface area contributed by atoms with Gasteiger partial charge in [-0.2, -0.15) is 0 Å². The highest BCUT2D eigenvalue weighted by atomic mass is 19.1. The highest BCUT2D eigenvalue weighted by Gasteiger charge is 2.27. The molecule has 1 aromatic rings. The average molecular weight is 241 g/mol. The molecule has 1 aliphatic rings. The summed E-state index contributed by atoms with van der Waals surface area (Å²) < 4.78 is 26.1. The molecule has 1 unspecified atom stereocenters. The van der Waals surface area contributed by atoms with Crippen molar-refractivity contribution in [2.75, 3.05) is 6.54 Å². The van der Waals surface area contributed by atoms with Crippen molar-refractivity contribution in [3.05, 3.63) is 35.4 Å². The second-order valence-electron chi connectivity index (χ2n) is 5.06. The SMILES string of the molecule is CC(O)(CNC1CC1)Cc1ccc(F)cc1F. The van der Waals surface area contributed by atoms with Gasteiger partial charge < -0.3 is 10.4 Å². The molecular formula is C13H17F2NO. The topological polar surface area (TPSA) is 32.3 Å². The van der Waals surface area contributed by atoms with Gasteiger partial charge in [0.15, 0.2) is 0 Å². The normalized spacial score (nSPS) is 19.1. The number of benzene rings is 1. The summed E-state index contributed by atoms with van der Waals surface area (Å²) in [5.74, 6) is -1.20. The van der Waals surface area contributed by atoms with Crippen LogP contribution >= 0.6 is 0 Å². The lowest BCUT2D eigenvalue weighted by molar-refractivity contribution is 0.0588. The number of nitrogens with one attached hydrogen (secondary N) is 1. The van der Waals surface area contributed by atoms with Crippen molar-refractivity contribution in [2.45, 2.75) is 37.8 Å². The van der Waals surface area contributed by atoms with Crippen molar-refractivity contribution in [2.24, 2.45) is 0 Å². The second kappa shape index (κ2) is 4.70. The Balaban J connectivity index is 1.97. The van der Waals surface area contributed by atoms with Crippen molar-refractivity contribution >= 4 is 0 Å². The second-order valence-corrected chi connectivity index (χ2v) is 5.06. The Kier molecular flexibility index (Phi) is 3.45. The third-order valence-corrected chi connectivity index (χ3v) is 2.94. The summed E-state index contributed by atoms with van der Waals surface area (Å²) in [7, 11) is 0. The lowest BCUT2D eigenvalue weighted by Crippen LogP contribution is -2.40. The molecule has 0 heterocycles. The first kappa shape index (κ1) is 12.5. The predicted molar refractivity (Wildman–Crippen MR) is 61.7 cm³/mol. The van der Waals surface area contributed by atoms with Crippen molar-refractivity contribution in [3.63, 3.8) is 0 Å². The Morgan fingerprint density at radius 3 is 2.71 bits per heavy atom. The van der Waals surface area contributed by atoms with E-state index in [2.05, 4.69) is 5.32 Å². The van der Waals surface area contributed by atoms with E-state index in [1.807, 2.05) is 0 Å². The first-order valence-corrected chi connectivity index (χ1v) is 5.86. The van der Waals surface area contributed by atoms with Crippen LogP contribution in [0, 0.1) is 11.6 Å². The first-order chi connectivity index (χ1) is 7.96. The zero-order valence-electron chi connectivity index (χ0n) is 9.84. The molecule has 1 saturated carbocycles. The van der Waals surface area contributed by atoms with Crippen LogP contribution in [0.2, 0.25) is 0 Å². The molecule has 2 N–H and O–H groups in total. The van der Waals surface area contributed by atoms with E-state index < -0.39 is 17.2 Å². The monoisotopic (exact) mass is 241 g/mol. The van der Waals surface area contributed by atoms with Crippen LogP contribution in [0.4, 0.5) is 8.78 Å². The largest absolute Gasteiger partial charge is 0.389 e. The molecule has 0 radical (unpaired) electrons. The minimum absolute atomic E-state index is 0.179. The molecule has 1 fully saturated rings. The third-order valence-electron chi connectivity index (χ3n) is 2.94. The number of hydrogen-bond donors (Lipinski definition) is 2. The molecule has 2 nitrogen and oxygen atoms in total. The van der Waals surface area contributed by atoms with Crippen LogP contribution in [0.15, 0.2) is 18.2 Å². The molecule has 94 valence electrons. The van der Waals surface area contributed by atoms with Gasteiger partial charge in [0.2, 0.25) is 0 Å². The summed E-state index contributed by atoms with van der Waals surface area (Å²) >= 11 is 0. The summed E-state index contributed by atoms with van der Waals surface area (Å²) in [6.45, 7) is 2.08. The molecule has 1 atom stereocenters. The van der Waals surface area contributed by atoms with Gasteiger partial charge in [-0.25, -0.2) is 8.78 Å². The van der Waals surface area contributed by atoms with Crippen LogP contribution in [-0.2, 0) is 6.42 Å². The fraction of sp³-hybridized carbons (Fsp3) is 0.538. The van der Waals surface area contributed by atoms with Gasteiger partial charge in [0, 0.05) is 25.1 Å². The minimum atomic E-state index is -1.01. The fourth-order valence-electron chi connectivity index (χ4n) is 1.79. The number of hydrogen-bond acceptors (Lipinski definition) is 2. The molecule has 1 aliphatic carbocycles. The number of aliphatic hydroxyl groups is 1. The van der Waals surface area contributed by atoms with Crippen LogP contribution in [0.5, 0.6) is 0 Å². The van der Waals surface area contributed by atoms with E-state index in [1.165, 1.54) is 12.1 Å². The quantitative estimate of drug-likeness (QED) is 0.826. The lowest BCUT2D eigenvalue weighted by Gasteiger charge is -2.24. The zero-order valence-corrected chi connectivity index (χ0v) is 9.84. The predicted octanol–water partition coefficient (Wildman–Crippen LogP) is 2.01. The average Bonchev–Trinajstić information content (AvgIpc) is 3.03. The number of rotatable bonds is 5. The standard InChI is InChI=1S/C13H17F2NO/c1-13(17,8-16-11-4-5-11)7-9-2-3-10(14)6-12(9)15/h2-3,6,11,16-17H,4-5,7-8H2,1H3. The molecule has 1 aromatic carbocycles. The molecule has 4 heteroatoms. The van der Waals surface area contributed by atoms with Crippen molar-refractivity contribution < 1.29 is 13.9 Å². The van der Waals surface area contributed by atoms with Crippen LogP contribution in [0.3, 0.4) is 0 Å². The molecule has 0 spiro atoms. The maximum absolute atomic E-state index is 13.4. The lowest BCUT2D eigenvalue weighted by atomic mass is 9.96. The summed E-state index contributed by atoms with van der Waals surface area (Å²) in [5.41, 5.74) is -0.671. The van der Waals surface area contributed by atoms with E-state index in [9.17, 15) is 13.9 Å². The van der Waals surface area contributed by atoms with E-state index in [0.29, 0.717) is 18.2 Å². The van der Waals surface area contributed by atoms with Crippen molar-refractivity contribution in [1.29, 1.82) is 0 Å². The Bertz CT molecular complexity index is 402. The maximum Gasteiger partial charge on any atom is 0.129 e. The Morgan fingerprint density at radius 2 is 2.12 bits per heavy atom. The Morgan fingerprint density at radius 1 is 1.41 bits per heavy atom. The molecular weight excluding hydrogens is 224 g/mol. The molecule has 0 aromatic heterocycles. The maximum atomic E-state index is 13.4. The van der Waals surface area contributed by atoms with E-state index >= 15 is 0 Å². The third kappa shape index (κ3) is 3.75. The zero-order chi connectivity index (χ0) is 12.5. The molecule has 17 heavy (non-hydrogen) atoms. The van der Waals surface area contributed by atoms with Gasteiger partial charge in [-0.1, -0.05) is 6.07 Å². The van der Waals surface area contributed by atoms with Crippen LogP contribution in [0.25, 0.3) is 0 Å². The van der Waals surface area contributed by atoms with Gasteiger partial charge >= 0.3 is 0 Å². The van der Waals surface area contributed by atoms with Crippen molar-refractivity contribution in [3.8, 4) is 0 Å². The van der Waals surface area contributed by atoms with Gasteiger partial charge in [-0.05, 0) is 31.4 Å². The van der Waals surface area contributed by atoms with Crippen LogP contribution < -0.4 is 5.32 Å². The van der Waals surface area contributed by atoms with Gasteiger partial charge in [-0.3, -0.25) is 0 Å².